The van der Waals surface area contributed by atoms with E-state index in [0.29, 0.717) is 10.9 Å². The van der Waals surface area contributed by atoms with Gasteiger partial charge in [-0.05, 0) is 41.5 Å². The van der Waals surface area contributed by atoms with Crippen LogP contribution >= 0.6 is 11.6 Å². The molecule has 0 bridgehead atoms. The third-order valence-electron chi connectivity index (χ3n) is 2.34. The number of fused-ring (bicyclic) bond motifs is 1. The molecule has 0 N–H and O–H groups in total. The molecule has 0 aliphatic carbocycles. The van der Waals surface area contributed by atoms with Crippen LogP contribution in [0.1, 0.15) is 11.1 Å². The molecule has 0 aliphatic heterocycles. The minimum atomic E-state index is -0.461. The number of nitriles is 1. The second kappa shape index (κ2) is 3.52. The third-order valence-corrected chi connectivity index (χ3v) is 2.63. The van der Waals surface area contributed by atoms with Gasteiger partial charge in [0.05, 0.1) is 16.7 Å². The molecule has 0 saturated carbocycles. The lowest BCUT2D eigenvalue weighted by molar-refractivity contribution is 0.630. The highest BCUT2D eigenvalue weighted by Crippen LogP contribution is 2.25. The molecule has 0 spiro atoms. The normalized spacial score (nSPS) is 10.3. The molecule has 15 heavy (non-hydrogen) atoms. The summed E-state index contributed by atoms with van der Waals surface area (Å²) in [6, 6.07) is 8.48. The quantitative estimate of drug-likeness (QED) is 0.661. The smallest absolute Gasteiger partial charge is 0.142 e. The Balaban J connectivity index is 2.84. The molecule has 3 heteroatoms. The van der Waals surface area contributed by atoms with Gasteiger partial charge >= 0.3 is 0 Å². The van der Waals surface area contributed by atoms with Gasteiger partial charge in [0.15, 0.2) is 0 Å². The maximum atomic E-state index is 13.2. The highest BCUT2D eigenvalue weighted by atomic mass is 35.5. The lowest BCUT2D eigenvalue weighted by Gasteiger charge is -2.03. The Morgan fingerprint density at radius 1 is 1.20 bits per heavy atom. The van der Waals surface area contributed by atoms with Crippen LogP contribution in [0.15, 0.2) is 24.3 Å². The van der Waals surface area contributed by atoms with Gasteiger partial charge in [0.25, 0.3) is 0 Å². The van der Waals surface area contributed by atoms with E-state index in [1.54, 1.807) is 12.1 Å². The number of halogens is 2. The Kier molecular flexibility index (Phi) is 2.34. The second-order valence-electron chi connectivity index (χ2n) is 3.39. The summed E-state index contributed by atoms with van der Waals surface area (Å²) in [6.45, 7) is 1.84. The summed E-state index contributed by atoms with van der Waals surface area (Å²) in [5, 5.41) is 10.5. The molecule has 2 aromatic carbocycles. The fraction of sp³-hybridized carbons (Fsp3) is 0.0833. The minimum absolute atomic E-state index is 0.103. The van der Waals surface area contributed by atoms with Gasteiger partial charge in [-0.15, -0.1) is 0 Å². The predicted molar refractivity (Wildman–Crippen MR) is 58.4 cm³/mol. The molecule has 0 aromatic heterocycles. The van der Waals surface area contributed by atoms with Gasteiger partial charge < -0.3 is 0 Å². The van der Waals surface area contributed by atoms with Gasteiger partial charge in [-0.25, -0.2) is 4.39 Å². The molecule has 0 unspecified atom stereocenters. The lowest BCUT2D eigenvalue weighted by Crippen LogP contribution is -1.85. The van der Waals surface area contributed by atoms with Gasteiger partial charge in [-0.1, -0.05) is 17.7 Å². The number of hydrogen-bond acceptors (Lipinski definition) is 1. The van der Waals surface area contributed by atoms with Crippen LogP contribution in [0, 0.1) is 24.1 Å². The van der Waals surface area contributed by atoms with Gasteiger partial charge in [-0.3, -0.25) is 0 Å². The number of rotatable bonds is 0. The number of benzene rings is 2. The molecule has 0 saturated heterocycles. The van der Waals surface area contributed by atoms with Crippen molar-refractivity contribution in [1.29, 1.82) is 5.26 Å². The molecular weight excluding hydrogens is 213 g/mol. The molecule has 0 radical (unpaired) electrons. The van der Waals surface area contributed by atoms with E-state index in [2.05, 4.69) is 6.07 Å². The van der Waals surface area contributed by atoms with Gasteiger partial charge in [0, 0.05) is 0 Å². The van der Waals surface area contributed by atoms with Crippen molar-refractivity contribution in [2.75, 3.05) is 0 Å². The summed E-state index contributed by atoms with van der Waals surface area (Å²) >= 11 is 5.67. The van der Waals surface area contributed by atoms with Crippen molar-refractivity contribution in [3.63, 3.8) is 0 Å². The van der Waals surface area contributed by atoms with Crippen LogP contribution in [0.5, 0.6) is 0 Å². The average molecular weight is 220 g/mol. The summed E-state index contributed by atoms with van der Waals surface area (Å²) in [5.41, 5.74) is 1.43. The van der Waals surface area contributed by atoms with Gasteiger partial charge in [0.1, 0.15) is 5.82 Å². The zero-order valence-electron chi connectivity index (χ0n) is 8.01. The Morgan fingerprint density at radius 3 is 2.53 bits per heavy atom. The van der Waals surface area contributed by atoms with E-state index in [1.807, 2.05) is 13.0 Å². The number of hydrogen-bond donors (Lipinski definition) is 0. The standard InChI is InChI=1S/C12H7ClFN/c1-7-2-8-4-11(13)12(14)5-9(8)3-10(7)6-15/h2-5H,1H3. The topological polar surface area (TPSA) is 23.8 Å². The van der Waals surface area contributed by atoms with Crippen molar-refractivity contribution in [2.45, 2.75) is 6.92 Å². The molecule has 0 aliphatic rings. The lowest BCUT2D eigenvalue weighted by atomic mass is 10.0. The monoisotopic (exact) mass is 219 g/mol. The highest BCUT2D eigenvalue weighted by Gasteiger charge is 2.05. The van der Waals surface area contributed by atoms with Crippen LogP contribution in [-0.4, -0.2) is 0 Å². The fourth-order valence-electron chi connectivity index (χ4n) is 1.53. The van der Waals surface area contributed by atoms with E-state index in [-0.39, 0.29) is 5.02 Å². The molecule has 74 valence electrons. The van der Waals surface area contributed by atoms with E-state index < -0.39 is 5.82 Å². The summed E-state index contributed by atoms with van der Waals surface area (Å²) in [4.78, 5) is 0. The van der Waals surface area contributed by atoms with E-state index in [9.17, 15) is 4.39 Å². The summed E-state index contributed by atoms with van der Waals surface area (Å²) in [7, 11) is 0. The van der Waals surface area contributed by atoms with Crippen molar-refractivity contribution in [3.8, 4) is 6.07 Å². The predicted octanol–water partition coefficient (Wildman–Crippen LogP) is 3.81. The van der Waals surface area contributed by atoms with Crippen molar-refractivity contribution in [3.05, 3.63) is 46.2 Å². The molecular formula is C12H7ClFN. The van der Waals surface area contributed by atoms with Crippen molar-refractivity contribution in [2.24, 2.45) is 0 Å². The first-order valence-corrected chi connectivity index (χ1v) is 4.79. The van der Waals surface area contributed by atoms with Crippen LogP contribution < -0.4 is 0 Å². The van der Waals surface area contributed by atoms with Crippen molar-refractivity contribution >= 4 is 22.4 Å². The molecule has 0 atom stereocenters. The molecule has 2 rings (SSSR count). The Morgan fingerprint density at radius 2 is 1.87 bits per heavy atom. The van der Waals surface area contributed by atoms with Crippen molar-refractivity contribution < 1.29 is 4.39 Å². The maximum absolute atomic E-state index is 13.2. The largest absolute Gasteiger partial charge is 0.205 e. The van der Waals surface area contributed by atoms with Crippen molar-refractivity contribution in [1.82, 2.24) is 0 Å². The molecule has 2 aromatic rings. The number of nitrogens with zero attached hydrogens (tertiary/aromatic N) is 1. The Hall–Kier alpha value is -1.59. The summed E-state index contributed by atoms with van der Waals surface area (Å²) in [6.07, 6.45) is 0. The zero-order chi connectivity index (χ0) is 11.0. The first-order valence-electron chi connectivity index (χ1n) is 4.41. The zero-order valence-corrected chi connectivity index (χ0v) is 8.77. The molecule has 0 fully saturated rings. The number of aryl methyl sites for hydroxylation is 1. The summed E-state index contributed by atoms with van der Waals surface area (Å²) < 4.78 is 13.2. The molecule has 0 amide bonds. The van der Waals surface area contributed by atoms with E-state index in [1.165, 1.54) is 6.07 Å². The first-order chi connectivity index (χ1) is 7.11. The van der Waals surface area contributed by atoms with E-state index in [4.69, 9.17) is 16.9 Å². The van der Waals surface area contributed by atoms with Crippen LogP contribution in [0.2, 0.25) is 5.02 Å². The average Bonchev–Trinajstić information content (AvgIpc) is 2.20. The van der Waals surface area contributed by atoms with E-state index in [0.717, 1.165) is 10.9 Å². The van der Waals surface area contributed by atoms with Crippen LogP contribution in [-0.2, 0) is 0 Å². The first kappa shape index (κ1) is 9.95. The second-order valence-corrected chi connectivity index (χ2v) is 3.80. The highest BCUT2D eigenvalue weighted by molar-refractivity contribution is 6.31. The van der Waals surface area contributed by atoms with Crippen LogP contribution in [0.3, 0.4) is 0 Å². The Labute approximate surface area is 91.7 Å². The SMILES string of the molecule is Cc1cc2cc(Cl)c(F)cc2cc1C#N. The Bertz CT molecular complexity index is 584. The fourth-order valence-corrected chi connectivity index (χ4v) is 1.70. The molecule has 1 nitrogen and oxygen atoms in total. The van der Waals surface area contributed by atoms with Gasteiger partial charge in [-0.2, -0.15) is 5.26 Å². The van der Waals surface area contributed by atoms with Crippen LogP contribution in [0.4, 0.5) is 4.39 Å². The molecule has 0 heterocycles. The maximum Gasteiger partial charge on any atom is 0.142 e. The van der Waals surface area contributed by atoms with E-state index >= 15 is 0 Å². The van der Waals surface area contributed by atoms with Crippen LogP contribution in [0.25, 0.3) is 10.8 Å². The third kappa shape index (κ3) is 1.67. The summed E-state index contributed by atoms with van der Waals surface area (Å²) in [5.74, 6) is -0.461. The minimum Gasteiger partial charge on any atom is -0.205 e. The van der Waals surface area contributed by atoms with Gasteiger partial charge in [0.2, 0.25) is 0 Å².